The Morgan fingerprint density at radius 3 is 2.56 bits per heavy atom. The molecule has 1 unspecified atom stereocenters. The largest absolute Gasteiger partial charge is 0.346 e. The summed E-state index contributed by atoms with van der Waals surface area (Å²) < 4.78 is 0. The molecule has 6 nitrogen and oxygen atoms in total. The van der Waals surface area contributed by atoms with Crippen LogP contribution in [0.15, 0.2) is 0 Å². The van der Waals surface area contributed by atoms with E-state index in [2.05, 4.69) is 15.5 Å². The third-order valence-corrected chi connectivity index (χ3v) is 3.39. The van der Waals surface area contributed by atoms with E-state index in [1.807, 2.05) is 13.8 Å². The van der Waals surface area contributed by atoms with Gasteiger partial charge in [-0.3, -0.25) is 14.5 Å². The molecule has 1 fully saturated rings. The van der Waals surface area contributed by atoms with Crippen LogP contribution in [0.25, 0.3) is 0 Å². The van der Waals surface area contributed by atoms with Crippen molar-refractivity contribution in [2.75, 3.05) is 46.3 Å². The summed E-state index contributed by atoms with van der Waals surface area (Å²) in [5, 5.41) is 5.95. The number of hydrogen-bond donors (Lipinski definition) is 2. The molecule has 1 saturated heterocycles. The first-order valence-corrected chi connectivity index (χ1v) is 6.52. The van der Waals surface area contributed by atoms with Crippen molar-refractivity contribution in [1.29, 1.82) is 0 Å². The molecule has 0 aliphatic carbocycles. The highest BCUT2D eigenvalue weighted by Gasteiger charge is 2.22. The standard InChI is InChI=1S/C12H24N4O2/c1-4-15(3)11(17)9-14-12(18)10(2)16-7-5-13-6-8-16/h10,13H,4-9H2,1-3H3,(H,14,18). The maximum absolute atomic E-state index is 11.9. The van der Waals surface area contributed by atoms with Gasteiger partial charge in [-0.1, -0.05) is 0 Å². The first-order valence-electron chi connectivity index (χ1n) is 6.52. The molecule has 0 bridgehead atoms. The van der Waals surface area contributed by atoms with Crippen LogP contribution in [0, 0.1) is 0 Å². The van der Waals surface area contributed by atoms with Crippen LogP contribution in [-0.4, -0.2) is 74.0 Å². The average Bonchev–Trinajstić information content (AvgIpc) is 2.43. The molecule has 1 aliphatic heterocycles. The lowest BCUT2D eigenvalue weighted by molar-refractivity contribution is -0.133. The Morgan fingerprint density at radius 2 is 2.00 bits per heavy atom. The van der Waals surface area contributed by atoms with Gasteiger partial charge in [-0.25, -0.2) is 0 Å². The zero-order chi connectivity index (χ0) is 13.5. The van der Waals surface area contributed by atoms with Gasteiger partial charge < -0.3 is 15.5 Å². The van der Waals surface area contributed by atoms with E-state index in [0.29, 0.717) is 6.54 Å². The van der Waals surface area contributed by atoms with Gasteiger partial charge in [-0.15, -0.1) is 0 Å². The molecule has 18 heavy (non-hydrogen) atoms. The van der Waals surface area contributed by atoms with Crippen molar-refractivity contribution in [3.05, 3.63) is 0 Å². The number of nitrogens with one attached hydrogen (secondary N) is 2. The summed E-state index contributed by atoms with van der Waals surface area (Å²) in [7, 11) is 1.73. The molecule has 0 spiro atoms. The highest BCUT2D eigenvalue weighted by atomic mass is 16.2. The van der Waals surface area contributed by atoms with E-state index in [4.69, 9.17) is 0 Å². The smallest absolute Gasteiger partial charge is 0.241 e. The Balaban J connectivity index is 2.33. The van der Waals surface area contributed by atoms with E-state index in [9.17, 15) is 9.59 Å². The summed E-state index contributed by atoms with van der Waals surface area (Å²) in [6.07, 6.45) is 0. The lowest BCUT2D eigenvalue weighted by Gasteiger charge is -2.31. The SMILES string of the molecule is CCN(C)C(=O)CNC(=O)C(C)N1CCNCC1. The number of likely N-dealkylation sites (N-methyl/N-ethyl adjacent to an activating group) is 1. The summed E-state index contributed by atoms with van der Waals surface area (Å²) in [5.74, 6) is -0.131. The van der Waals surface area contributed by atoms with Crippen LogP contribution in [0.4, 0.5) is 0 Å². The first kappa shape index (κ1) is 14.9. The van der Waals surface area contributed by atoms with E-state index in [1.54, 1.807) is 11.9 Å². The number of hydrogen-bond acceptors (Lipinski definition) is 4. The predicted octanol–water partition coefficient (Wildman–Crippen LogP) is -1.13. The molecule has 104 valence electrons. The molecule has 0 aromatic rings. The van der Waals surface area contributed by atoms with E-state index < -0.39 is 0 Å². The minimum atomic E-state index is -0.174. The molecule has 2 amide bonds. The Morgan fingerprint density at radius 1 is 1.39 bits per heavy atom. The maximum atomic E-state index is 11.9. The lowest BCUT2D eigenvalue weighted by atomic mass is 10.2. The fourth-order valence-electron chi connectivity index (χ4n) is 1.86. The monoisotopic (exact) mass is 256 g/mol. The first-order chi connectivity index (χ1) is 8.56. The second-order valence-electron chi connectivity index (χ2n) is 4.59. The number of rotatable bonds is 5. The van der Waals surface area contributed by atoms with E-state index >= 15 is 0 Å². The molecule has 0 radical (unpaired) electrons. The molecule has 6 heteroatoms. The summed E-state index contributed by atoms with van der Waals surface area (Å²) in [4.78, 5) is 27.2. The van der Waals surface area contributed by atoms with Crippen LogP contribution in [0.5, 0.6) is 0 Å². The third kappa shape index (κ3) is 4.27. The van der Waals surface area contributed by atoms with Gasteiger partial charge in [0.2, 0.25) is 11.8 Å². The molecule has 0 aromatic carbocycles. The van der Waals surface area contributed by atoms with Crippen molar-refractivity contribution >= 4 is 11.8 Å². The predicted molar refractivity (Wildman–Crippen MR) is 70.2 cm³/mol. The van der Waals surface area contributed by atoms with Crippen molar-refractivity contribution in [1.82, 2.24) is 20.4 Å². The zero-order valence-electron chi connectivity index (χ0n) is 11.5. The number of carbonyl (C=O) groups excluding carboxylic acids is 2. The number of amides is 2. The quantitative estimate of drug-likeness (QED) is 0.654. The Hall–Kier alpha value is -1.14. The number of piperazine rings is 1. The van der Waals surface area contributed by atoms with Gasteiger partial charge in [0.05, 0.1) is 12.6 Å². The number of carbonyl (C=O) groups is 2. The molecule has 1 atom stereocenters. The Labute approximate surface area is 109 Å². The van der Waals surface area contributed by atoms with Gasteiger partial charge >= 0.3 is 0 Å². The van der Waals surface area contributed by atoms with Crippen molar-refractivity contribution in [3.63, 3.8) is 0 Å². The minimum Gasteiger partial charge on any atom is -0.346 e. The van der Waals surface area contributed by atoms with Crippen molar-refractivity contribution in [2.45, 2.75) is 19.9 Å². The van der Waals surface area contributed by atoms with Gasteiger partial charge in [-0.05, 0) is 13.8 Å². The van der Waals surface area contributed by atoms with Crippen LogP contribution in [0.2, 0.25) is 0 Å². The third-order valence-electron chi connectivity index (χ3n) is 3.39. The zero-order valence-corrected chi connectivity index (χ0v) is 11.5. The Bertz CT molecular complexity index is 290. The fourth-order valence-corrected chi connectivity index (χ4v) is 1.86. The molecule has 0 aromatic heterocycles. The van der Waals surface area contributed by atoms with E-state index in [0.717, 1.165) is 26.2 Å². The van der Waals surface area contributed by atoms with E-state index in [1.165, 1.54) is 0 Å². The van der Waals surface area contributed by atoms with Crippen LogP contribution >= 0.6 is 0 Å². The second-order valence-corrected chi connectivity index (χ2v) is 4.59. The van der Waals surface area contributed by atoms with Gasteiger partial charge in [-0.2, -0.15) is 0 Å². The molecule has 2 N–H and O–H groups in total. The van der Waals surface area contributed by atoms with Crippen LogP contribution < -0.4 is 10.6 Å². The highest BCUT2D eigenvalue weighted by Crippen LogP contribution is 2.00. The van der Waals surface area contributed by atoms with Crippen molar-refractivity contribution in [3.8, 4) is 0 Å². The van der Waals surface area contributed by atoms with Gasteiger partial charge in [0, 0.05) is 39.8 Å². The summed E-state index contributed by atoms with van der Waals surface area (Å²) >= 11 is 0. The fraction of sp³-hybridized carbons (Fsp3) is 0.833. The normalized spacial score (nSPS) is 18.2. The Kier molecular flexibility index (Phi) is 6.07. The minimum absolute atomic E-state index is 0.0571. The molecule has 1 aliphatic rings. The second kappa shape index (κ2) is 7.33. The summed E-state index contributed by atoms with van der Waals surface area (Å²) in [5.41, 5.74) is 0. The summed E-state index contributed by atoms with van der Waals surface area (Å²) in [6.45, 7) is 8.10. The molecule has 0 saturated carbocycles. The maximum Gasteiger partial charge on any atom is 0.241 e. The topological polar surface area (TPSA) is 64.7 Å². The van der Waals surface area contributed by atoms with Gasteiger partial charge in [0.25, 0.3) is 0 Å². The van der Waals surface area contributed by atoms with Gasteiger partial charge in [0.15, 0.2) is 0 Å². The molecular weight excluding hydrogens is 232 g/mol. The van der Waals surface area contributed by atoms with Crippen LogP contribution in [0.1, 0.15) is 13.8 Å². The van der Waals surface area contributed by atoms with E-state index in [-0.39, 0.29) is 24.4 Å². The highest BCUT2D eigenvalue weighted by molar-refractivity contribution is 5.87. The molecule has 1 heterocycles. The van der Waals surface area contributed by atoms with Crippen LogP contribution in [-0.2, 0) is 9.59 Å². The van der Waals surface area contributed by atoms with Crippen molar-refractivity contribution in [2.24, 2.45) is 0 Å². The lowest BCUT2D eigenvalue weighted by Crippen LogP contribution is -2.53. The number of nitrogens with zero attached hydrogens (tertiary/aromatic N) is 2. The molecular formula is C12H24N4O2. The van der Waals surface area contributed by atoms with Gasteiger partial charge in [0.1, 0.15) is 0 Å². The van der Waals surface area contributed by atoms with Crippen molar-refractivity contribution < 1.29 is 9.59 Å². The summed E-state index contributed by atoms with van der Waals surface area (Å²) in [6, 6.07) is -0.174. The average molecular weight is 256 g/mol. The molecule has 1 rings (SSSR count). The van der Waals surface area contributed by atoms with Crippen LogP contribution in [0.3, 0.4) is 0 Å².